The van der Waals surface area contributed by atoms with Crippen LogP contribution in [0, 0.1) is 11.6 Å². The Hall–Kier alpha value is -3.81. The van der Waals surface area contributed by atoms with Gasteiger partial charge in [-0.25, -0.2) is 8.78 Å². The monoisotopic (exact) mass is 404 g/mol. The minimum absolute atomic E-state index is 0.0799. The number of aromatic hydroxyl groups is 2. The molecule has 0 saturated carbocycles. The van der Waals surface area contributed by atoms with E-state index in [9.17, 15) is 28.9 Å². The van der Waals surface area contributed by atoms with E-state index in [4.69, 9.17) is 9.47 Å². The molecular weight excluding hydrogens is 386 g/mol. The number of carbonyl (C=O) groups is 1. The Kier molecular flexibility index (Phi) is 6.97. The Morgan fingerprint density at radius 2 is 1.31 bits per heavy atom. The van der Waals surface area contributed by atoms with Crippen LogP contribution in [0.2, 0.25) is 0 Å². The highest BCUT2D eigenvalue weighted by atomic mass is 19.1. The topological polar surface area (TPSA) is 96.2 Å². The summed E-state index contributed by atoms with van der Waals surface area (Å²) in [4.78, 5) is 11.9. The molecule has 0 bridgehead atoms. The fourth-order valence-electron chi connectivity index (χ4n) is 2.29. The molecule has 0 atom stereocenters. The number of phenolic OH excluding ortho intramolecular Hbond substituents is 2. The van der Waals surface area contributed by atoms with Gasteiger partial charge in [-0.3, -0.25) is 4.79 Å². The number of benzene rings is 2. The number of phenols is 2. The third-order valence-corrected chi connectivity index (χ3v) is 3.72. The predicted octanol–water partition coefficient (Wildman–Crippen LogP) is 4.13. The number of ether oxygens (including phenoxy) is 2. The Bertz CT molecular complexity index is 1010. The molecule has 0 amide bonds. The lowest BCUT2D eigenvalue weighted by molar-refractivity contribution is -0.110. The number of halogens is 2. The summed E-state index contributed by atoms with van der Waals surface area (Å²) in [5.41, 5.74) is 0.548. The average Bonchev–Trinajstić information content (AvgIpc) is 2.69. The lowest BCUT2D eigenvalue weighted by Gasteiger charge is -2.05. The van der Waals surface area contributed by atoms with E-state index in [-0.39, 0.29) is 22.6 Å². The van der Waals surface area contributed by atoms with Gasteiger partial charge in [0.2, 0.25) is 0 Å². The van der Waals surface area contributed by atoms with E-state index in [0.717, 1.165) is 30.4 Å². The van der Waals surface area contributed by atoms with Crippen LogP contribution in [-0.4, -0.2) is 35.3 Å². The Morgan fingerprint density at radius 3 is 1.76 bits per heavy atom. The van der Waals surface area contributed by atoms with Crippen LogP contribution in [0.4, 0.5) is 8.78 Å². The van der Waals surface area contributed by atoms with Crippen molar-refractivity contribution in [2.24, 2.45) is 0 Å². The first-order valence-corrected chi connectivity index (χ1v) is 8.19. The summed E-state index contributed by atoms with van der Waals surface area (Å²) in [5.74, 6) is -4.26. The summed E-state index contributed by atoms with van der Waals surface area (Å²) in [6.07, 6.45) is 5.73. The van der Waals surface area contributed by atoms with Crippen LogP contribution in [0.3, 0.4) is 0 Å². The van der Waals surface area contributed by atoms with E-state index in [1.807, 2.05) is 0 Å². The van der Waals surface area contributed by atoms with Gasteiger partial charge in [0.25, 0.3) is 0 Å². The van der Waals surface area contributed by atoms with Crippen molar-refractivity contribution in [1.29, 1.82) is 0 Å². The molecular formula is C21H18F2O6. The third-order valence-electron chi connectivity index (χ3n) is 3.72. The van der Waals surface area contributed by atoms with Gasteiger partial charge in [0.1, 0.15) is 5.76 Å². The summed E-state index contributed by atoms with van der Waals surface area (Å²) in [6.45, 7) is 0. The van der Waals surface area contributed by atoms with E-state index >= 15 is 0 Å². The summed E-state index contributed by atoms with van der Waals surface area (Å²) >= 11 is 0. The Balaban J connectivity index is 2.13. The third kappa shape index (κ3) is 5.58. The van der Waals surface area contributed by atoms with Crippen molar-refractivity contribution in [3.05, 3.63) is 71.0 Å². The molecule has 0 fully saturated rings. The molecule has 0 aliphatic carbocycles. The van der Waals surface area contributed by atoms with Crippen LogP contribution in [0.5, 0.6) is 23.0 Å². The van der Waals surface area contributed by atoms with Crippen LogP contribution < -0.4 is 9.47 Å². The number of hydrogen-bond donors (Lipinski definition) is 3. The first kappa shape index (κ1) is 21.5. The number of aliphatic hydroxyl groups is 1. The summed E-state index contributed by atoms with van der Waals surface area (Å²) in [6, 6.07) is 4.71. The zero-order valence-electron chi connectivity index (χ0n) is 15.5. The largest absolute Gasteiger partial charge is 0.508 e. The summed E-state index contributed by atoms with van der Waals surface area (Å²) < 4.78 is 36.8. The highest BCUT2D eigenvalue weighted by Crippen LogP contribution is 2.31. The second kappa shape index (κ2) is 9.41. The lowest BCUT2D eigenvalue weighted by atomic mass is 10.1. The van der Waals surface area contributed by atoms with Gasteiger partial charge in [0.15, 0.2) is 40.4 Å². The second-order valence-corrected chi connectivity index (χ2v) is 5.75. The predicted molar refractivity (Wildman–Crippen MR) is 103 cm³/mol. The van der Waals surface area contributed by atoms with Gasteiger partial charge >= 0.3 is 0 Å². The quantitative estimate of drug-likeness (QED) is 0.365. The molecule has 8 heteroatoms. The van der Waals surface area contributed by atoms with Crippen molar-refractivity contribution in [3.63, 3.8) is 0 Å². The minimum Gasteiger partial charge on any atom is -0.508 e. The number of aliphatic hydroxyl groups excluding tert-OH is 1. The molecule has 0 aliphatic heterocycles. The van der Waals surface area contributed by atoms with Gasteiger partial charge < -0.3 is 24.8 Å². The smallest absolute Gasteiger partial charge is 0.194 e. The van der Waals surface area contributed by atoms with Crippen molar-refractivity contribution in [2.75, 3.05) is 14.2 Å². The maximum absolute atomic E-state index is 13.6. The molecule has 152 valence electrons. The van der Waals surface area contributed by atoms with Gasteiger partial charge in [0.05, 0.1) is 14.2 Å². The van der Waals surface area contributed by atoms with E-state index in [1.54, 1.807) is 0 Å². The van der Waals surface area contributed by atoms with E-state index < -0.39 is 34.7 Å². The van der Waals surface area contributed by atoms with Crippen molar-refractivity contribution in [1.82, 2.24) is 0 Å². The second-order valence-electron chi connectivity index (χ2n) is 5.75. The molecule has 2 rings (SSSR count). The number of hydrogen-bond acceptors (Lipinski definition) is 6. The zero-order chi connectivity index (χ0) is 21.6. The number of methoxy groups -OCH3 is 2. The van der Waals surface area contributed by atoms with Crippen molar-refractivity contribution < 1.29 is 38.4 Å². The summed E-state index contributed by atoms with van der Waals surface area (Å²) in [5, 5.41) is 28.7. The SMILES string of the molecule is COc1cc(/C=C/C(=O)/C=C(O)/C=C/c2cc(F)c(O)c(OC)c2)cc(F)c1O. The number of ketones is 1. The molecule has 0 spiro atoms. The Labute approximate surface area is 165 Å². The summed E-state index contributed by atoms with van der Waals surface area (Å²) in [7, 11) is 2.52. The molecule has 0 aromatic heterocycles. The van der Waals surface area contributed by atoms with Crippen molar-refractivity contribution in [3.8, 4) is 23.0 Å². The van der Waals surface area contributed by atoms with E-state index in [2.05, 4.69) is 0 Å². The van der Waals surface area contributed by atoms with Crippen LogP contribution >= 0.6 is 0 Å². The van der Waals surface area contributed by atoms with Gasteiger partial charge in [0, 0.05) is 6.08 Å². The van der Waals surface area contributed by atoms with E-state index in [0.29, 0.717) is 0 Å². The first-order valence-electron chi connectivity index (χ1n) is 8.19. The molecule has 2 aromatic rings. The number of rotatable bonds is 7. The molecule has 0 heterocycles. The molecule has 0 aliphatic rings. The normalized spacial score (nSPS) is 11.9. The fourth-order valence-corrected chi connectivity index (χ4v) is 2.29. The van der Waals surface area contributed by atoms with Crippen molar-refractivity contribution >= 4 is 17.9 Å². The molecule has 3 N–H and O–H groups in total. The van der Waals surface area contributed by atoms with Crippen LogP contribution in [0.25, 0.3) is 12.2 Å². The van der Waals surface area contributed by atoms with Gasteiger partial charge in [-0.1, -0.05) is 12.2 Å². The molecule has 0 saturated heterocycles. The fraction of sp³-hybridized carbons (Fsp3) is 0.0952. The maximum atomic E-state index is 13.6. The van der Waals surface area contributed by atoms with Crippen LogP contribution in [0.1, 0.15) is 11.1 Å². The van der Waals surface area contributed by atoms with Gasteiger partial charge in [-0.05, 0) is 47.5 Å². The van der Waals surface area contributed by atoms with Crippen molar-refractivity contribution in [2.45, 2.75) is 0 Å². The van der Waals surface area contributed by atoms with Crippen LogP contribution in [0.15, 0.2) is 48.3 Å². The molecule has 0 radical (unpaired) electrons. The first-order chi connectivity index (χ1) is 13.7. The highest BCUT2D eigenvalue weighted by molar-refractivity contribution is 6.02. The Morgan fingerprint density at radius 1 is 0.862 bits per heavy atom. The standard InChI is InChI=1S/C21H18F2O6/c1-28-18-9-12(7-16(22)20(18)26)3-5-14(24)11-15(25)6-4-13-8-17(23)21(27)19(10-13)29-2/h3-11,24,26-27H,1-2H3/b5-3+,6-4+,14-11-. The van der Waals surface area contributed by atoms with Gasteiger partial charge in [-0.15, -0.1) is 0 Å². The molecule has 6 nitrogen and oxygen atoms in total. The highest BCUT2D eigenvalue weighted by Gasteiger charge is 2.10. The van der Waals surface area contributed by atoms with Gasteiger partial charge in [-0.2, -0.15) is 0 Å². The minimum atomic E-state index is -0.908. The number of allylic oxidation sites excluding steroid dienone is 3. The van der Waals surface area contributed by atoms with Crippen LogP contribution in [-0.2, 0) is 4.79 Å². The molecule has 2 aromatic carbocycles. The van der Waals surface area contributed by atoms with E-state index in [1.165, 1.54) is 38.5 Å². The molecule has 0 unspecified atom stereocenters. The zero-order valence-corrected chi connectivity index (χ0v) is 15.5. The number of carbonyl (C=O) groups excluding carboxylic acids is 1. The average molecular weight is 404 g/mol. The lowest BCUT2D eigenvalue weighted by Crippen LogP contribution is -1.91. The molecule has 29 heavy (non-hydrogen) atoms. The maximum Gasteiger partial charge on any atom is 0.194 e.